The molecular formula is C18H17ClN2O2. The van der Waals surface area contributed by atoms with Gasteiger partial charge in [-0.05, 0) is 41.8 Å². The van der Waals surface area contributed by atoms with E-state index >= 15 is 0 Å². The first kappa shape index (κ1) is 14.5. The summed E-state index contributed by atoms with van der Waals surface area (Å²) in [6.07, 6.45) is 0.762. The van der Waals surface area contributed by atoms with Crippen molar-refractivity contribution in [1.29, 1.82) is 0 Å². The highest BCUT2D eigenvalue weighted by Gasteiger charge is 2.33. The van der Waals surface area contributed by atoms with Gasteiger partial charge in [0.1, 0.15) is 6.04 Å². The number of para-hydroxylation sites is 1. The number of fused-ring (bicyclic) bond motifs is 1. The van der Waals surface area contributed by atoms with Gasteiger partial charge in [0.15, 0.2) is 0 Å². The third-order valence-corrected chi connectivity index (χ3v) is 4.73. The molecule has 4 nitrogen and oxygen atoms in total. The van der Waals surface area contributed by atoms with E-state index in [0.717, 1.165) is 17.8 Å². The number of nitrogens with one attached hydrogen (secondary N) is 1. The second kappa shape index (κ2) is 5.87. The molecule has 5 heteroatoms. The lowest BCUT2D eigenvalue weighted by Gasteiger charge is -2.19. The quantitative estimate of drug-likeness (QED) is 0.936. The average Bonchev–Trinajstić information content (AvgIpc) is 3.15. The summed E-state index contributed by atoms with van der Waals surface area (Å²) >= 11 is 6.21. The highest BCUT2D eigenvalue weighted by Crippen LogP contribution is 2.30. The molecule has 0 radical (unpaired) electrons. The number of benzene rings is 2. The van der Waals surface area contributed by atoms with Crippen molar-refractivity contribution >= 4 is 28.9 Å². The van der Waals surface area contributed by atoms with Crippen molar-refractivity contribution in [3.05, 3.63) is 58.6 Å². The number of rotatable bonds is 3. The lowest BCUT2D eigenvalue weighted by molar-refractivity contribution is -0.117. The highest BCUT2D eigenvalue weighted by molar-refractivity contribution is 6.34. The maximum atomic E-state index is 12.7. The van der Waals surface area contributed by atoms with Crippen molar-refractivity contribution < 1.29 is 9.53 Å². The van der Waals surface area contributed by atoms with Crippen LogP contribution in [0.2, 0.25) is 5.02 Å². The number of anilines is 2. The number of hydrogen-bond acceptors (Lipinski definition) is 3. The van der Waals surface area contributed by atoms with Gasteiger partial charge >= 0.3 is 0 Å². The van der Waals surface area contributed by atoms with Gasteiger partial charge in [-0.2, -0.15) is 0 Å². The van der Waals surface area contributed by atoms with Gasteiger partial charge < -0.3 is 15.0 Å². The number of halogens is 1. The maximum absolute atomic E-state index is 12.7. The van der Waals surface area contributed by atoms with Crippen LogP contribution in [0.4, 0.5) is 11.4 Å². The SMILES string of the molecule is O=C1[C@H](Nc2ccc3c(c2)COC3)CCN1c1ccccc1Cl. The van der Waals surface area contributed by atoms with E-state index in [1.54, 1.807) is 4.90 Å². The first-order valence-corrected chi connectivity index (χ1v) is 8.12. The molecule has 118 valence electrons. The first-order chi connectivity index (χ1) is 11.2. The Morgan fingerprint density at radius 1 is 1.13 bits per heavy atom. The van der Waals surface area contributed by atoms with Gasteiger partial charge in [0.2, 0.25) is 5.91 Å². The molecule has 2 aromatic carbocycles. The van der Waals surface area contributed by atoms with Gasteiger partial charge in [-0.15, -0.1) is 0 Å². The first-order valence-electron chi connectivity index (χ1n) is 7.74. The molecule has 1 N–H and O–H groups in total. The van der Waals surface area contributed by atoms with E-state index in [2.05, 4.69) is 17.4 Å². The Morgan fingerprint density at radius 3 is 2.83 bits per heavy atom. The molecule has 0 aromatic heterocycles. The predicted molar refractivity (Wildman–Crippen MR) is 90.8 cm³/mol. The van der Waals surface area contributed by atoms with Crippen molar-refractivity contribution in [3.8, 4) is 0 Å². The Morgan fingerprint density at radius 2 is 1.96 bits per heavy atom. The molecule has 2 heterocycles. The molecule has 1 fully saturated rings. The normalized spacial score (nSPS) is 20.0. The summed E-state index contributed by atoms with van der Waals surface area (Å²) < 4.78 is 5.43. The van der Waals surface area contributed by atoms with E-state index < -0.39 is 0 Å². The Kier molecular flexibility index (Phi) is 3.71. The molecule has 4 rings (SSSR count). The van der Waals surface area contributed by atoms with E-state index in [1.807, 2.05) is 30.3 Å². The van der Waals surface area contributed by atoms with Crippen LogP contribution < -0.4 is 10.2 Å². The van der Waals surface area contributed by atoms with Crippen LogP contribution in [0.5, 0.6) is 0 Å². The molecule has 0 aliphatic carbocycles. The standard InChI is InChI=1S/C18H17ClN2O2/c19-15-3-1-2-4-17(15)21-8-7-16(18(21)22)20-14-6-5-12-10-23-11-13(12)9-14/h1-6,9,16,20H,7-8,10-11H2/t16-/m1/s1. The van der Waals surface area contributed by atoms with Crippen LogP contribution in [-0.4, -0.2) is 18.5 Å². The summed E-state index contributed by atoms with van der Waals surface area (Å²) in [5.41, 5.74) is 4.17. The number of carbonyl (C=O) groups excluding carboxylic acids is 1. The largest absolute Gasteiger partial charge is 0.374 e. The highest BCUT2D eigenvalue weighted by atomic mass is 35.5. The average molecular weight is 329 g/mol. The molecule has 0 saturated carbocycles. The van der Waals surface area contributed by atoms with Crippen molar-refractivity contribution in [2.24, 2.45) is 0 Å². The van der Waals surface area contributed by atoms with E-state index in [4.69, 9.17) is 16.3 Å². The summed E-state index contributed by atoms with van der Waals surface area (Å²) in [6.45, 7) is 2.00. The molecule has 0 bridgehead atoms. The Balaban J connectivity index is 1.51. The lowest BCUT2D eigenvalue weighted by atomic mass is 10.1. The minimum Gasteiger partial charge on any atom is -0.374 e. The van der Waals surface area contributed by atoms with Gasteiger partial charge in [0, 0.05) is 12.2 Å². The smallest absolute Gasteiger partial charge is 0.249 e. The van der Waals surface area contributed by atoms with Gasteiger partial charge in [-0.25, -0.2) is 0 Å². The maximum Gasteiger partial charge on any atom is 0.249 e. The van der Waals surface area contributed by atoms with Crippen LogP contribution in [0.1, 0.15) is 17.5 Å². The summed E-state index contributed by atoms with van der Waals surface area (Å²) in [6, 6.07) is 13.4. The molecule has 2 aromatic rings. The molecule has 1 saturated heterocycles. The summed E-state index contributed by atoms with van der Waals surface area (Å²) in [5.74, 6) is 0.0647. The van der Waals surface area contributed by atoms with Crippen LogP contribution in [0.25, 0.3) is 0 Å². The fraction of sp³-hybridized carbons (Fsp3) is 0.278. The number of nitrogens with zero attached hydrogens (tertiary/aromatic N) is 1. The van der Waals surface area contributed by atoms with Crippen LogP contribution >= 0.6 is 11.6 Å². The van der Waals surface area contributed by atoms with Crippen molar-refractivity contribution in [2.45, 2.75) is 25.7 Å². The van der Waals surface area contributed by atoms with Crippen LogP contribution in [-0.2, 0) is 22.7 Å². The molecule has 2 aliphatic heterocycles. The number of ether oxygens (including phenoxy) is 1. The van der Waals surface area contributed by atoms with Gasteiger partial charge in [0.05, 0.1) is 23.9 Å². The van der Waals surface area contributed by atoms with Crippen LogP contribution in [0.15, 0.2) is 42.5 Å². The zero-order valence-electron chi connectivity index (χ0n) is 12.6. The number of hydrogen-bond donors (Lipinski definition) is 1. The molecule has 2 aliphatic rings. The summed E-state index contributed by atoms with van der Waals surface area (Å²) in [5, 5.41) is 3.96. The fourth-order valence-electron chi connectivity index (χ4n) is 3.19. The topological polar surface area (TPSA) is 41.6 Å². The van der Waals surface area contributed by atoms with Crippen molar-refractivity contribution in [3.63, 3.8) is 0 Å². The zero-order valence-corrected chi connectivity index (χ0v) is 13.3. The number of carbonyl (C=O) groups is 1. The van der Waals surface area contributed by atoms with E-state index in [-0.39, 0.29) is 11.9 Å². The monoisotopic (exact) mass is 328 g/mol. The molecule has 23 heavy (non-hydrogen) atoms. The molecular weight excluding hydrogens is 312 g/mol. The summed E-state index contributed by atoms with van der Waals surface area (Å²) in [7, 11) is 0. The molecule has 0 unspecified atom stereocenters. The molecule has 0 spiro atoms. The van der Waals surface area contributed by atoms with Crippen molar-refractivity contribution in [1.82, 2.24) is 0 Å². The third kappa shape index (κ3) is 2.69. The van der Waals surface area contributed by atoms with Gasteiger partial charge in [0.25, 0.3) is 0 Å². The molecule has 1 amide bonds. The Labute approximate surface area is 140 Å². The zero-order chi connectivity index (χ0) is 15.8. The van der Waals surface area contributed by atoms with Crippen LogP contribution in [0, 0.1) is 0 Å². The van der Waals surface area contributed by atoms with Gasteiger partial charge in [-0.3, -0.25) is 4.79 Å². The summed E-state index contributed by atoms with van der Waals surface area (Å²) in [4.78, 5) is 14.4. The Bertz CT molecular complexity index is 762. The van der Waals surface area contributed by atoms with Gasteiger partial charge in [-0.1, -0.05) is 29.8 Å². The Hall–Kier alpha value is -2.04. The minimum atomic E-state index is -0.216. The second-order valence-electron chi connectivity index (χ2n) is 5.90. The van der Waals surface area contributed by atoms with E-state index in [9.17, 15) is 4.79 Å². The van der Waals surface area contributed by atoms with Crippen molar-refractivity contribution in [2.75, 3.05) is 16.8 Å². The van der Waals surface area contributed by atoms with E-state index in [1.165, 1.54) is 11.1 Å². The molecule has 1 atom stereocenters. The van der Waals surface area contributed by atoms with Crippen LogP contribution in [0.3, 0.4) is 0 Å². The third-order valence-electron chi connectivity index (χ3n) is 4.41. The minimum absolute atomic E-state index is 0.0647. The van der Waals surface area contributed by atoms with E-state index in [0.29, 0.717) is 24.8 Å². The fourth-order valence-corrected chi connectivity index (χ4v) is 3.42. The lowest BCUT2D eigenvalue weighted by Crippen LogP contribution is -2.33. The predicted octanol–water partition coefficient (Wildman–Crippen LogP) is 3.59. The number of amides is 1. The second-order valence-corrected chi connectivity index (χ2v) is 6.31.